The smallest absolute Gasteiger partial charge is 0.254 e. The summed E-state index contributed by atoms with van der Waals surface area (Å²) in [5.74, 6) is -0.123. The van der Waals surface area contributed by atoms with E-state index in [0.717, 1.165) is 21.3 Å². The quantitative estimate of drug-likeness (QED) is 0.542. The molecule has 3 aliphatic rings. The molecule has 3 aliphatic heterocycles. The first kappa shape index (κ1) is 17.9. The average molecular weight is 424 g/mol. The zero-order valence-electron chi connectivity index (χ0n) is 14.6. The van der Waals surface area contributed by atoms with Gasteiger partial charge in [-0.15, -0.1) is 0 Å². The molecular weight excluding hydrogens is 402 g/mol. The Kier molecular flexibility index (Phi) is 4.76. The van der Waals surface area contributed by atoms with Crippen LogP contribution in [0.3, 0.4) is 0 Å². The van der Waals surface area contributed by atoms with Crippen molar-refractivity contribution in [2.45, 2.75) is 32.6 Å². The van der Waals surface area contributed by atoms with Crippen molar-refractivity contribution >= 4 is 27.5 Å². The van der Waals surface area contributed by atoms with E-state index in [-0.39, 0.29) is 18.4 Å². The number of carbonyl (C=O) groups is 1. The molecule has 26 heavy (non-hydrogen) atoms. The molecule has 0 spiro atoms. The predicted octanol–water partition coefficient (Wildman–Crippen LogP) is 0.254. The SMILES string of the molecule is Cc1cc(Br)cc(C)c1N1C=C2C(=O)NC(N3CCOC(O)C3)NC2N1. The number of fused-ring (bicyclic) bond motifs is 1. The monoisotopic (exact) mass is 423 g/mol. The fraction of sp³-hybridized carbons (Fsp3) is 0.471. The molecule has 4 rings (SSSR count). The lowest BCUT2D eigenvalue weighted by Crippen LogP contribution is -2.68. The number of anilines is 1. The van der Waals surface area contributed by atoms with Crippen molar-refractivity contribution < 1.29 is 14.6 Å². The van der Waals surface area contributed by atoms with Gasteiger partial charge in [0.25, 0.3) is 5.91 Å². The number of nitrogens with zero attached hydrogens (tertiary/aromatic N) is 2. The van der Waals surface area contributed by atoms with E-state index in [0.29, 0.717) is 25.3 Å². The first-order valence-corrected chi connectivity index (χ1v) is 9.36. The number of halogens is 1. The van der Waals surface area contributed by atoms with Gasteiger partial charge in [-0.05, 0) is 37.1 Å². The van der Waals surface area contributed by atoms with Gasteiger partial charge in [-0.1, -0.05) is 15.9 Å². The Hall–Kier alpha value is -1.49. The minimum atomic E-state index is -0.833. The Morgan fingerprint density at radius 1 is 1.31 bits per heavy atom. The third-order valence-electron chi connectivity index (χ3n) is 4.84. The van der Waals surface area contributed by atoms with Gasteiger partial charge in [-0.2, -0.15) is 0 Å². The van der Waals surface area contributed by atoms with E-state index in [4.69, 9.17) is 4.74 Å². The van der Waals surface area contributed by atoms with Gasteiger partial charge in [-0.3, -0.25) is 20.0 Å². The molecule has 8 nitrogen and oxygen atoms in total. The summed E-state index contributed by atoms with van der Waals surface area (Å²) in [6.45, 7) is 5.49. The molecule has 2 fully saturated rings. The van der Waals surface area contributed by atoms with Gasteiger partial charge in [0, 0.05) is 17.2 Å². The van der Waals surface area contributed by atoms with Crippen molar-refractivity contribution in [3.05, 3.63) is 39.5 Å². The van der Waals surface area contributed by atoms with Crippen molar-refractivity contribution in [2.75, 3.05) is 24.7 Å². The molecule has 0 radical (unpaired) electrons. The van der Waals surface area contributed by atoms with E-state index in [2.05, 4.69) is 44.1 Å². The molecule has 3 atom stereocenters. The Morgan fingerprint density at radius 3 is 2.73 bits per heavy atom. The van der Waals surface area contributed by atoms with Crippen LogP contribution in [0.2, 0.25) is 0 Å². The van der Waals surface area contributed by atoms with Crippen LogP contribution in [-0.4, -0.2) is 54.4 Å². The predicted molar refractivity (Wildman–Crippen MR) is 99.7 cm³/mol. The Bertz CT molecular complexity index is 748. The number of amides is 1. The third-order valence-corrected chi connectivity index (χ3v) is 5.30. The number of hydrogen-bond donors (Lipinski definition) is 4. The van der Waals surface area contributed by atoms with Crippen molar-refractivity contribution in [1.82, 2.24) is 21.0 Å². The fourth-order valence-corrected chi connectivity index (χ4v) is 4.36. The number of carbonyl (C=O) groups excluding carboxylic acids is 1. The summed E-state index contributed by atoms with van der Waals surface area (Å²) in [6, 6.07) is 4.10. The van der Waals surface area contributed by atoms with E-state index in [1.54, 1.807) is 0 Å². The van der Waals surface area contributed by atoms with Crippen LogP contribution in [0.5, 0.6) is 0 Å². The van der Waals surface area contributed by atoms with Crippen molar-refractivity contribution in [1.29, 1.82) is 0 Å². The first-order chi connectivity index (χ1) is 12.4. The highest BCUT2D eigenvalue weighted by Gasteiger charge is 2.39. The molecule has 0 saturated carbocycles. The third kappa shape index (κ3) is 3.26. The number of aliphatic hydroxyl groups is 1. The standard InChI is InChI=1S/C17H22BrN5O3/c1-9-5-11(18)6-10(2)14(9)23-7-12-15(21-23)19-17(20-16(12)25)22-3-4-26-13(24)8-22/h5-7,13,15,17,19,21,24H,3-4,8H2,1-2H3,(H,20,25). The summed E-state index contributed by atoms with van der Waals surface area (Å²) in [7, 11) is 0. The van der Waals surface area contributed by atoms with E-state index < -0.39 is 6.29 Å². The molecule has 0 aromatic heterocycles. The van der Waals surface area contributed by atoms with Gasteiger partial charge >= 0.3 is 0 Å². The fourth-order valence-electron chi connectivity index (χ4n) is 3.68. The van der Waals surface area contributed by atoms with Crippen molar-refractivity contribution in [2.24, 2.45) is 0 Å². The summed E-state index contributed by atoms with van der Waals surface area (Å²) in [6.07, 6.45) is 0.347. The van der Waals surface area contributed by atoms with Gasteiger partial charge in [0.1, 0.15) is 12.5 Å². The van der Waals surface area contributed by atoms with E-state index in [9.17, 15) is 9.90 Å². The number of hydrazine groups is 1. The van der Waals surface area contributed by atoms with Gasteiger partial charge in [0.15, 0.2) is 6.29 Å². The lowest BCUT2D eigenvalue weighted by Gasteiger charge is -2.41. The first-order valence-electron chi connectivity index (χ1n) is 8.57. The second-order valence-electron chi connectivity index (χ2n) is 6.77. The Balaban J connectivity index is 1.54. The average Bonchev–Trinajstić information content (AvgIpc) is 2.98. The molecule has 0 aliphatic carbocycles. The van der Waals surface area contributed by atoms with Gasteiger partial charge in [0.05, 0.1) is 24.4 Å². The molecule has 0 bridgehead atoms. The zero-order valence-corrected chi connectivity index (χ0v) is 16.2. The molecule has 140 valence electrons. The maximum atomic E-state index is 12.6. The van der Waals surface area contributed by atoms with Crippen LogP contribution in [0, 0.1) is 13.8 Å². The molecule has 3 heterocycles. The normalized spacial score (nSPS) is 29.4. The van der Waals surface area contributed by atoms with E-state index >= 15 is 0 Å². The summed E-state index contributed by atoms with van der Waals surface area (Å²) >= 11 is 3.52. The highest BCUT2D eigenvalue weighted by Crippen LogP contribution is 2.31. The number of rotatable bonds is 2. The van der Waals surface area contributed by atoms with Crippen molar-refractivity contribution in [3.63, 3.8) is 0 Å². The highest BCUT2D eigenvalue weighted by molar-refractivity contribution is 9.10. The molecule has 1 amide bonds. The van der Waals surface area contributed by atoms with Crippen LogP contribution in [0.15, 0.2) is 28.4 Å². The number of hydrogen-bond acceptors (Lipinski definition) is 7. The number of morpholine rings is 1. The van der Waals surface area contributed by atoms with Crippen molar-refractivity contribution in [3.8, 4) is 0 Å². The molecular formula is C17H22BrN5O3. The molecule has 9 heteroatoms. The highest BCUT2D eigenvalue weighted by atomic mass is 79.9. The van der Waals surface area contributed by atoms with Gasteiger partial charge in [0.2, 0.25) is 0 Å². The molecule has 1 aromatic carbocycles. The minimum Gasteiger partial charge on any atom is -0.367 e. The van der Waals surface area contributed by atoms with Crippen LogP contribution >= 0.6 is 15.9 Å². The second-order valence-corrected chi connectivity index (χ2v) is 7.68. The topological polar surface area (TPSA) is 89.1 Å². The number of ether oxygens (including phenoxy) is 1. The van der Waals surface area contributed by atoms with Crippen LogP contribution in [0.1, 0.15) is 11.1 Å². The summed E-state index contributed by atoms with van der Waals surface area (Å²) in [4.78, 5) is 14.6. The zero-order chi connectivity index (χ0) is 18.4. The van der Waals surface area contributed by atoms with E-state index in [1.165, 1.54) is 0 Å². The number of β-amino-alcohol motifs (C(OH)–C–C–N with tert-alkyl or cyclic N) is 1. The molecule has 4 N–H and O–H groups in total. The maximum Gasteiger partial charge on any atom is 0.254 e. The van der Waals surface area contributed by atoms with Gasteiger partial charge in [-0.25, -0.2) is 5.43 Å². The number of aliphatic hydroxyl groups excluding tert-OH is 1. The van der Waals surface area contributed by atoms with Crippen LogP contribution in [-0.2, 0) is 9.53 Å². The molecule has 3 unspecified atom stereocenters. The maximum absolute atomic E-state index is 12.6. The molecule has 2 saturated heterocycles. The number of benzene rings is 1. The van der Waals surface area contributed by atoms with Crippen LogP contribution < -0.4 is 21.1 Å². The lowest BCUT2D eigenvalue weighted by atomic mass is 10.1. The van der Waals surface area contributed by atoms with Crippen LogP contribution in [0.25, 0.3) is 0 Å². The Morgan fingerprint density at radius 2 is 2.04 bits per heavy atom. The second kappa shape index (κ2) is 6.91. The summed E-state index contributed by atoms with van der Waals surface area (Å²) in [5, 5.41) is 17.9. The number of nitrogens with one attached hydrogen (secondary N) is 3. The number of aryl methyl sites for hydroxylation is 2. The summed E-state index contributed by atoms with van der Waals surface area (Å²) < 4.78 is 6.19. The minimum absolute atomic E-state index is 0.123. The van der Waals surface area contributed by atoms with Crippen LogP contribution in [0.4, 0.5) is 5.69 Å². The lowest BCUT2D eigenvalue weighted by molar-refractivity contribution is -0.161. The van der Waals surface area contributed by atoms with Gasteiger partial charge < -0.3 is 15.2 Å². The largest absolute Gasteiger partial charge is 0.367 e. The van der Waals surface area contributed by atoms with E-state index in [1.807, 2.05) is 30.0 Å². The molecule has 1 aromatic rings. The summed E-state index contributed by atoms with van der Waals surface area (Å²) in [5.41, 5.74) is 7.23. The Labute approximate surface area is 160 Å².